The van der Waals surface area contributed by atoms with Crippen LogP contribution >= 0.6 is 0 Å². The summed E-state index contributed by atoms with van der Waals surface area (Å²) in [6, 6.07) is 19.0. The van der Waals surface area contributed by atoms with Gasteiger partial charge in [0.2, 0.25) is 5.91 Å². The van der Waals surface area contributed by atoms with Crippen molar-refractivity contribution in [1.82, 2.24) is 4.90 Å². The molecule has 3 aromatic rings. The summed E-state index contributed by atoms with van der Waals surface area (Å²) < 4.78 is 44.8. The summed E-state index contributed by atoms with van der Waals surface area (Å²) >= 11 is 0. The largest absolute Gasteiger partial charge is 0.455 e. The maximum absolute atomic E-state index is 13.0. The summed E-state index contributed by atoms with van der Waals surface area (Å²) in [6.45, 7) is 0.311. The molecule has 1 heterocycles. The quantitative estimate of drug-likeness (QED) is 0.472. The molecular formula is C25H22F3N3O3. The number of nitrogens with one attached hydrogen (secondary N) is 2. The Balaban J connectivity index is 1.45. The first-order valence-electron chi connectivity index (χ1n) is 10.7. The molecule has 2 N–H and O–H groups in total. The van der Waals surface area contributed by atoms with Crippen molar-refractivity contribution < 1.29 is 27.5 Å². The van der Waals surface area contributed by atoms with Crippen molar-refractivity contribution in [3.05, 3.63) is 84.4 Å². The van der Waals surface area contributed by atoms with Crippen LogP contribution in [0.15, 0.2) is 78.9 Å². The minimum absolute atomic E-state index is 0.00694. The second-order valence-electron chi connectivity index (χ2n) is 7.76. The van der Waals surface area contributed by atoms with E-state index in [1.165, 1.54) is 17.0 Å². The van der Waals surface area contributed by atoms with E-state index in [2.05, 4.69) is 10.6 Å². The lowest BCUT2D eigenvalue weighted by Crippen LogP contribution is -2.45. The Morgan fingerprint density at radius 2 is 1.65 bits per heavy atom. The second-order valence-corrected chi connectivity index (χ2v) is 7.76. The summed E-state index contributed by atoms with van der Waals surface area (Å²) in [6.07, 6.45) is -3.49. The zero-order chi connectivity index (χ0) is 24.1. The Morgan fingerprint density at radius 3 is 2.41 bits per heavy atom. The van der Waals surface area contributed by atoms with Gasteiger partial charge in [-0.1, -0.05) is 36.4 Å². The number of likely N-dealkylation sites (tertiary alicyclic amines) is 1. The SMILES string of the molecule is O=C(Nc1ccccc1Oc1ccccc1)C1CCCN1C(=O)Nc1cccc(C(F)(F)F)c1. The maximum Gasteiger partial charge on any atom is 0.416 e. The highest BCUT2D eigenvalue weighted by Crippen LogP contribution is 2.32. The first-order chi connectivity index (χ1) is 16.3. The number of carbonyl (C=O) groups excluding carboxylic acids is 2. The molecule has 3 aromatic carbocycles. The topological polar surface area (TPSA) is 70.7 Å². The molecule has 34 heavy (non-hydrogen) atoms. The molecule has 1 saturated heterocycles. The van der Waals surface area contributed by atoms with Crippen LogP contribution in [0.2, 0.25) is 0 Å². The number of anilines is 2. The van der Waals surface area contributed by atoms with E-state index >= 15 is 0 Å². The second kappa shape index (κ2) is 9.86. The zero-order valence-corrected chi connectivity index (χ0v) is 18.0. The van der Waals surface area contributed by atoms with E-state index in [9.17, 15) is 22.8 Å². The zero-order valence-electron chi connectivity index (χ0n) is 18.0. The fraction of sp³-hybridized carbons (Fsp3) is 0.200. The van der Waals surface area contributed by atoms with Crippen molar-refractivity contribution in [3.63, 3.8) is 0 Å². The number of carbonyl (C=O) groups is 2. The Hall–Kier alpha value is -4.01. The minimum Gasteiger partial charge on any atom is -0.455 e. The van der Waals surface area contributed by atoms with Crippen LogP contribution in [-0.4, -0.2) is 29.4 Å². The number of alkyl halides is 3. The van der Waals surface area contributed by atoms with E-state index < -0.39 is 29.7 Å². The fourth-order valence-corrected chi connectivity index (χ4v) is 3.74. The lowest BCUT2D eigenvalue weighted by Gasteiger charge is -2.25. The number of hydrogen-bond donors (Lipinski definition) is 2. The van der Waals surface area contributed by atoms with Gasteiger partial charge < -0.3 is 20.3 Å². The highest BCUT2D eigenvalue weighted by atomic mass is 19.4. The van der Waals surface area contributed by atoms with Gasteiger partial charge in [-0.05, 0) is 55.3 Å². The number of halogens is 3. The van der Waals surface area contributed by atoms with Gasteiger partial charge in [-0.25, -0.2) is 4.79 Å². The van der Waals surface area contributed by atoms with Crippen molar-refractivity contribution in [3.8, 4) is 11.5 Å². The van der Waals surface area contributed by atoms with Crippen LogP contribution in [0.4, 0.5) is 29.3 Å². The van der Waals surface area contributed by atoms with Gasteiger partial charge in [0.05, 0.1) is 11.3 Å². The molecule has 1 aliphatic heterocycles. The van der Waals surface area contributed by atoms with Crippen LogP contribution in [-0.2, 0) is 11.0 Å². The molecule has 1 fully saturated rings. The fourth-order valence-electron chi connectivity index (χ4n) is 3.74. The van der Waals surface area contributed by atoms with Crippen LogP contribution in [0.5, 0.6) is 11.5 Å². The van der Waals surface area contributed by atoms with Gasteiger partial charge in [0.1, 0.15) is 11.8 Å². The van der Waals surface area contributed by atoms with Crippen LogP contribution in [0.3, 0.4) is 0 Å². The summed E-state index contributed by atoms with van der Waals surface area (Å²) in [5, 5.41) is 5.29. The van der Waals surface area contributed by atoms with Gasteiger partial charge in [-0.3, -0.25) is 4.79 Å². The summed E-state index contributed by atoms with van der Waals surface area (Å²) in [4.78, 5) is 27.1. The van der Waals surface area contributed by atoms with Crippen molar-refractivity contribution in [2.75, 3.05) is 17.2 Å². The smallest absolute Gasteiger partial charge is 0.416 e. The summed E-state index contributed by atoms with van der Waals surface area (Å²) in [5.41, 5.74) is -0.412. The van der Waals surface area contributed by atoms with Crippen LogP contribution in [0.25, 0.3) is 0 Å². The number of hydrogen-bond acceptors (Lipinski definition) is 3. The molecule has 4 rings (SSSR count). The number of amides is 3. The molecular weight excluding hydrogens is 447 g/mol. The first kappa shape index (κ1) is 23.2. The molecule has 3 amide bonds. The highest BCUT2D eigenvalue weighted by molar-refractivity contribution is 6.00. The van der Waals surface area contributed by atoms with Crippen molar-refractivity contribution in [2.45, 2.75) is 25.1 Å². The van der Waals surface area contributed by atoms with Gasteiger partial charge in [-0.2, -0.15) is 13.2 Å². The average molecular weight is 469 g/mol. The Kier molecular flexibility index (Phi) is 6.72. The number of urea groups is 1. The molecule has 0 radical (unpaired) electrons. The molecule has 0 bridgehead atoms. The Labute approximate surface area is 194 Å². The number of ether oxygens (including phenoxy) is 1. The summed E-state index contributed by atoms with van der Waals surface area (Å²) in [5.74, 6) is 0.646. The first-order valence-corrected chi connectivity index (χ1v) is 10.7. The number of para-hydroxylation sites is 3. The summed E-state index contributed by atoms with van der Waals surface area (Å²) in [7, 11) is 0. The molecule has 0 saturated carbocycles. The standard InChI is InChI=1S/C25H22F3N3O3/c26-25(27,28)17-8-6-9-18(16-17)29-24(33)31-15-7-13-21(31)23(32)30-20-12-4-5-14-22(20)34-19-10-2-1-3-11-19/h1-6,8-12,14,16,21H,7,13,15H2,(H,29,33)(H,30,32). The van der Waals surface area contributed by atoms with Gasteiger partial charge in [-0.15, -0.1) is 0 Å². The maximum atomic E-state index is 13.0. The Bertz CT molecular complexity index is 1170. The van der Waals surface area contributed by atoms with Crippen LogP contribution < -0.4 is 15.4 Å². The van der Waals surface area contributed by atoms with Crippen molar-refractivity contribution in [1.29, 1.82) is 0 Å². The number of nitrogens with zero attached hydrogens (tertiary/aromatic N) is 1. The molecule has 0 spiro atoms. The molecule has 6 nitrogen and oxygen atoms in total. The number of rotatable bonds is 5. The molecule has 1 unspecified atom stereocenters. The van der Waals surface area contributed by atoms with E-state index in [4.69, 9.17) is 4.74 Å². The highest BCUT2D eigenvalue weighted by Gasteiger charge is 2.35. The van der Waals surface area contributed by atoms with Gasteiger partial charge >= 0.3 is 12.2 Å². The minimum atomic E-state index is -4.52. The monoisotopic (exact) mass is 469 g/mol. The molecule has 176 valence electrons. The predicted octanol–water partition coefficient (Wildman–Crippen LogP) is 6.13. The van der Waals surface area contributed by atoms with Crippen molar-refractivity contribution in [2.24, 2.45) is 0 Å². The van der Waals surface area contributed by atoms with Crippen molar-refractivity contribution >= 4 is 23.3 Å². The van der Waals surface area contributed by atoms with E-state index in [0.717, 1.165) is 12.1 Å². The van der Waals surface area contributed by atoms with Gasteiger partial charge in [0, 0.05) is 12.2 Å². The lowest BCUT2D eigenvalue weighted by atomic mass is 10.2. The molecule has 9 heteroatoms. The molecule has 0 aliphatic carbocycles. The average Bonchev–Trinajstić information content (AvgIpc) is 3.31. The van der Waals surface area contributed by atoms with Crippen LogP contribution in [0, 0.1) is 0 Å². The van der Waals surface area contributed by atoms with E-state index in [0.29, 0.717) is 36.6 Å². The normalized spacial score (nSPS) is 15.6. The van der Waals surface area contributed by atoms with Crippen LogP contribution in [0.1, 0.15) is 18.4 Å². The Morgan fingerprint density at radius 1 is 0.912 bits per heavy atom. The van der Waals surface area contributed by atoms with E-state index in [1.807, 2.05) is 18.2 Å². The van der Waals surface area contributed by atoms with E-state index in [1.54, 1.807) is 36.4 Å². The third kappa shape index (κ3) is 5.48. The third-order valence-electron chi connectivity index (χ3n) is 5.37. The molecule has 0 aromatic heterocycles. The predicted molar refractivity (Wildman–Crippen MR) is 122 cm³/mol. The molecule has 1 atom stereocenters. The third-order valence-corrected chi connectivity index (χ3v) is 5.37. The molecule has 1 aliphatic rings. The number of benzene rings is 3. The van der Waals surface area contributed by atoms with Gasteiger partial charge in [0.25, 0.3) is 0 Å². The lowest BCUT2D eigenvalue weighted by molar-refractivity contribution is -0.137. The van der Waals surface area contributed by atoms with Gasteiger partial charge in [0.15, 0.2) is 5.75 Å². The van der Waals surface area contributed by atoms with E-state index in [-0.39, 0.29) is 5.69 Å².